The van der Waals surface area contributed by atoms with E-state index in [9.17, 15) is 14.4 Å². The van der Waals surface area contributed by atoms with Gasteiger partial charge in [-0.2, -0.15) is 0 Å². The third-order valence-corrected chi connectivity index (χ3v) is 4.34. The quantitative estimate of drug-likeness (QED) is 0.638. The van der Waals surface area contributed by atoms with E-state index in [0.717, 1.165) is 24.6 Å². The first-order valence-corrected chi connectivity index (χ1v) is 7.85. The zero-order chi connectivity index (χ0) is 16.1. The minimum absolute atomic E-state index is 0.00958. The van der Waals surface area contributed by atoms with Gasteiger partial charge in [-0.05, 0) is 19.8 Å². The largest absolute Gasteiger partial charge is 0.376 e. The van der Waals surface area contributed by atoms with Gasteiger partial charge in [-0.15, -0.1) is 5.10 Å². The number of imide groups is 1. The van der Waals surface area contributed by atoms with Gasteiger partial charge in [0.25, 0.3) is 0 Å². The first kappa shape index (κ1) is 16.6. The van der Waals surface area contributed by atoms with Crippen molar-refractivity contribution in [3.8, 4) is 0 Å². The number of nitrogens with zero attached hydrogens (tertiary/aromatic N) is 2. The van der Waals surface area contributed by atoms with Crippen LogP contribution in [0.25, 0.3) is 0 Å². The molecule has 2 heterocycles. The molecule has 2 rings (SSSR count). The predicted octanol–water partition coefficient (Wildman–Crippen LogP) is -0.313. The third kappa shape index (κ3) is 4.10. The van der Waals surface area contributed by atoms with Gasteiger partial charge in [0, 0.05) is 13.7 Å². The van der Waals surface area contributed by atoms with Crippen molar-refractivity contribution in [2.24, 2.45) is 0 Å². The van der Waals surface area contributed by atoms with Crippen molar-refractivity contribution in [3.63, 3.8) is 0 Å². The Hall–Kier alpha value is -1.81. The number of hydrogen-bond acceptors (Lipinski definition) is 6. The van der Waals surface area contributed by atoms with Crippen LogP contribution >= 0.6 is 11.8 Å². The summed E-state index contributed by atoms with van der Waals surface area (Å²) in [5.74, 6) is -0.455. The number of rotatable bonds is 5. The summed E-state index contributed by atoms with van der Waals surface area (Å²) >= 11 is 1.11. The average molecular weight is 329 g/mol. The second-order valence-electron chi connectivity index (χ2n) is 4.89. The molecular weight excluding hydrogens is 310 g/mol. The molecule has 0 radical (unpaired) electrons. The summed E-state index contributed by atoms with van der Waals surface area (Å²) in [6.07, 6.45) is 1.86. The number of carbonyl (C=O) groups is 2. The van der Waals surface area contributed by atoms with Crippen LogP contribution in [-0.4, -0.2) is 51.7 Å². The number of aromatic amines is 1. The van der Waals surface area contributed by atoms with Gasteiger partial charge >= 0.3 is 11.7 Å². The van der Waals surface area contributed by atoms with E-state index in [1.165, 1.54) is 11.6 Å². The summed E-state index contributed by atoms with van der Waals surface area (Å²) in [6, 6.07) is -0.573. The van der Waals surface area contributed by atoms with E-state index in [4.69, 9.17) is 4.74 Å². The van der Waals surface area contributed by atoms with E-state index in [0.29, 0.717) is 18.3 Å². The Balaban J connectivity index is 2.01. The van der Waals surface area contributed by atoms with Gasteiger partial charge in [-0.25, -0.2) is 14.7 Å². The van der Waals surface area contributed by atoms with Crippen LogP contribution in [0.3, 0.4) is 0 Å². The van der Waals surface area contributed by atoms with Gasteiger partial charge in [-0.1, -0.05) is 11.8 Å². The number of amides is 3. The van der Waals surface area contributed by atoms with E-state index in [2.05, 4.69) is 20.8 Å². The van der Waals surface area contributed by atoms with E-state index < -0.39 is 17.2 Å². The molecule has 0 aromatic carbocycles. The Morgan fingerprint density at radius 3 is 3.00 bits per heavy atom. The molecule has 0 unspecified atom stereocenters. The Kier molecular flexibility index (Phi) is 5.61. The lowest BCUT2D eigenvalue weighted by Gasteiger charge is -2.13. The number of H-pyrrole nitrogens is 1. The smallest absolute Gasteiger partial charge is 0.344 e. The highest BCUT2D eigenvalue weighted by Gasteiger charge is 2.23. The van der Waals surface area contributed by atoms with E-state index in [-0.39, 0.29) is 11.8 Å². The Labute approximate surface area is 131 Å². The minimum atomic E-state index is -0.573. The summed E-state index contributed by atoms with van der Waals surface area (Å²) in [6.45, 7) is 2.74. The zero-order valence-corrected chi connectivity index (χ0v) is 13.2. The summed E-state index contributed by atoms with van der Waals surface area (Å²) < 4.78 is 6.98. The van der Waals surface area contributed by atoms with E-state index in [1.807, 2.05) is 0 Å². The molecule has 1 fully saturated rings. The van der Waals surface area contributed by atoms with Gasteiger partial charge in [0.15, 0.2) is 5.16 Å². The maximum Gasteiger partial charge on any atom is 0.344 e. The minimum Gasteiger partial charge on any atom is -0.376 e. The van der Waals surface area contributed by atoms with Crippen LogP contribution in [0.4, 0.5) is 4.79 Å². The molecule has 2 atom stereocenters. The zero-order valence-electron chi connectivity index (χ0n) is 12.4. The molecule has 1 saturated heterocycles. The number of carbonyl (C=O) groups excluding carboxylic acids is 2. The highest BCUT2D eigenvalue weighted by Crippen LogP contribution is 2.21. The monoisotopic (exact) mass is 329 g/mol. The molecule has 1 aliphatic heterocycles. The third-order valence-electron chi connectivity index (χ3n) is 3.25. The Bertz CT molecular complexity index is 593. The van der Waals surface area contributed by atoms with Crippen LogP contribution in [0.1, 0.15) is 19.8 Å². The van der Waals surface area contributed by atoms with Crippen molar-refractivity contribution in [1.82, 2.24) is 25.4 Å². The van der Waals surface area contributed by atoms with Crippen molar-refractivity contribution in [1.29, 1.82) is 0 Å². The molecule has 1 aliphatic rings. The summed E-state index contributed by atoms with van der Waals surface area (Å²) in [5, 5.41) is 10.6. The molecule has 3 amide bonds. The van der Waals surface area contributed by atoms with Crippen molar-refractivity contribution in [2.75, 3.05) is 13.7 Å². The van der Waals surface area contributed by atoms with Crippen LogP contribution < -0.4 is 16.3 Å². The van der Waals surface area contributed by atoms with Crippen molar-refractivity contribution >= 4 is 23.7 Å². The lowest BCUT2D eigenvalue weighted by atomic mass is 10.2. The fourth-order valence-corrected chi connectivity index (χ4v) is 2.90. The van der Waals surface area contributed by atoms with Gasteiger partial charge in [0.2, 0.25) is 5.91 Å². The van der Waals surface area contributed by atoms with Gasteiger partial charge in [-0.3, -0.25) is 14.7 Å². The number of ether oxygens (including phenoxy) is 1. The van der Waals surface area contributed by atoms with Crippen molar-refractivity contribution < 1.29 is 14.3 Å². The number of thioether (sulfide) groups is 1. The van der Waals surface area contributed by atoms with Crippen LogP contribution in [0, 0.1) is 0 Å². The lowest BCUT2D eigenvalue weighted by molar-refractivity contribution is -0.119. The second-order valence-corrected chi connectivity index (χ2v) is 6.19. The Morgan fingerprint density at radius 1 is 1.59 bits per heavy atom. The fourth-order valence-electron chi connectivity index (χ4n) is 2.03. The normalized spacial score (nSPS) is 18.9. The molecule has 22 heavy (non-hydrogen) atoms. The van der Waals surface area contributed by atoms with Gasteiger partial charge < -0.3 is 10.1 Å². The SMILES string of the molecule is CNC(=O)NC(=O)[C@@H](C)Sc1n[nH]c(=O)n1C[C@H]1CCCO1. The highest BCUT2D eigenvalue weighted by molar-refractivity contribution is 8.00. The maximum atomic E-state index is 11.8. The van der Waals surface area contributed by atoms with E-state index in [1.54, 1.807) is 6.92 Å². The average Bonchev–Trinajstić information content (AvgIpc) is 3.12. The molecule has 0 spiro atoms. The first-order valence-electron chi connectivity index (χ1n) is 6.97. The lowest BCUT2D eigenvalue weighted by Crippen LogP contribution is -2.41. The molecule has 10 heteroatoms. The topological polar surface area (TPSA) is 118 Å². The summed E-state index contributed by atoms with van der Waals surface area (Å²) in [7, 11) is 1.42. The first-order chi connectivity index (χ1) is 10.5. The van der Waals surface area contributed by atoms with Crippen molar-refractivity contribution in [3.05, 3.63) is 10.5 Å². The molecular formula is C12H19N5O4S. The van der Waals surface area contributed by atoms with Crippen LogP contribution in [0.2, 0.25) is 0 Å². The molecule has 9 nitrogen and oxygen atoms in total. The fraction of sp³-hybridized carbons (Fsp3) is 0.667. The molecule has 122 valence electrons. The number of aromatic nitrogens is 3. The molecule has 1 aromatic heterocycles. The highest BCUT2D eigenvalue weighted by atomic mass is 32.2. The summed E-state index contributed by atoms with van der Waals surface area (Å²) in [4.78, 5) is 34.8. The van der Waals surface area contributed by atoms with Crippen molar-refractivity contribution in [2.45, 2.75) is 42.8 Å². The standard InChI is InChI=1S/C12H19N5O4S/c1-7(9(18)14-10(19)13-2)22-12-16-15-11(20)17(12)6-8-4-3-5-21-8/h7-8H,3-6H2,1-2H3,(H,15,20)(H2,13,14,18,19)/t7-,8-/m1/s1. The molecule has 1 aromatic rings. The summed E-state index contributed by atoms with van der Waals surface area (Å²) in [5.41, 5.74) is -0.336. The predicted molar refractivity (Wildman–Crippen MR) is 79.7 cm³/mol. The van der Waals surface area contributed by atoms with E-state index >= 15 is 0 Å². The molecule has 3 N–H and O–H groups in total. The molecule has 0 bridgehead atoms. The second kappa shape index (κ2) is 7.45. The number of urea groups is 1. The van der Waals surface area contributed by atoms with Gasteiger partial charge in [0.1, 0.15) is 0 Å². The Morgan fingerprint density at radius 2 is 2.36 bits per heavy atom. The van der Waals surface area contributed by atoms with Crippen LogP contribution in [0.5, 0.6) is 0 Å². The number of hydrogen-bond donors (Lipinski definition) is 3. The number of nitrogens with one attached hydrogen (secondary N) is 3. The van der Waals surface area contributed by atoms with Gasteiger partial charge in [0.05, 0.1) is 17.9 Å². The van der Waals surface area contributed by atoms with Crippen LogP contribution in [-0.2, 0) is 16.1 Å². The molecule has 0 saturated carbocycles. The molecule has 0 aliphatic carbocycles. The van der Waals surface area contributed by atoms with Crippen LogP contribution in [0.15, 0.2) is 9.95 Å². The maximum absolute atomic E-state index is 11.8.